The molecule has 0 aromatic heterocycles. The van der Waals surface area contributed by atoms with E-state index in [0.717, 1.165) is 6.42 Å². The molecule has 0 radical (unpaired) electrons. The molecule has 1 fully saturated rings. The Labute approximate surface area is 164 Å². The van der Waals surface area contributed by atoms with Gasteiger partial charge in [-0.1, -0.05) is 74.4 Å². The molecule has 0 amide bonds. The van der Waals surface area contributed by atoms with E-state index >= 15 is 0 Å². The lowest BCUT2D eigenvalue weighted by atomic mass is 9.77. The lowest BCUT2D eigenvalue weighted by Gasteiger charge is -2.28. The first-order chi connectivity index (χ1) is 13.3. The molecule has 0 heterocycles. The largest absolute Gasteiger partial charge is 0.216 e. The molecule has 0 bridgehead atoms. The summed E-state index contributed by atoms with van der Waals surface area (Å²) in [5, 5.41) is 0. The molecule has 0 unspecified atom stereocenters. The van der Waals surface area contributed by atoms with Gasteiger partial charge in [-0.25, -0.2) is 4.39 Å². The second-order valence-electron chi connectivity index (χ2n) is 8.09. The third kappa shape index (κ3) is 5.79. The lowest BCUT2D eigenvalue weighted by Crippen LogP contribution is -2.12. The molecule has 1 saturated carbocycles. The van der Waals surface area contributed by atoms with Crippen molar-refractivity contribution in [1.82, 2.24) is 0 Å². The molecule has 1 aliphatic rings. The molecule has 0 nitrogen and oxygen atoms in total. The quantitative estimate of drug-likeness (QED) is 0.414. The van der Waals surface area contributed by atoms with Crippen molar-refractivity contribution < 1.29 is 4.39 Å². The minimum absolute atomic E-state index is 0.670. The van der Waals surface area contributed by atoms with Crippen LogP contribution in [0.3, 0.4) is 0 Å². The predicted molar refractivity (Wildman–Crippen MR) is 115 cm³/mol. The highest BCUT2D eigenvalue weighted by atomic mass is 19.1. The molecule has 3 rings (SSSR count). The summed E-state index contributed by atoms with van der Waals surface area (Å²) in [7, 11) is 0. The fourth-order valence-electron chi connectivity index (χ4n) is 4.37. The summed E-state index contributed by atoms with van der Waals surface area (Å²) in [5.74, 6) is 1.34. The number of rotatable bonds is 8. The van der Waals surface area contributed by atoms with Gasteiger partial charge in [0.15, 0.2) is 0 Å². The van der Waals surface area contributed by atoms with Crippen LogP contribution in [0, 0.1) is 5.92 Å². The minimum atomic E-state index is 0.670. The van der Waals surface area contributed by atoms with Crippen LogP contribution in [0.5, 0.6) is 0 Å². The van der Waals surface area contributed by atoms with Crippen molar-refractivity contribution in [1.29, 1.82) is 0 Å². The van der Waals surface area contributed by atoms with Crippen molar-refractivity contribution in [2.75, 3.05) is 0 Å². The van der Waals surface area contributed by atoms with E-state index in [9.17, 15) is 4.39 Å². The van der Waals surface area contributed by atoms with Gasteiger partial charge in [-0.15, -0.1) is 0 Å². The monoisotopic (exact) mass is 364 g/mol. The zero-order valence-electron chi connectivity index (χ0n) is 16.7. The number of unbranched alkanes of at least 4 members (excludes halogenated alkanes) is 2. The van der Waals surface area contributed by atoms with Crippen molar-refractivity contribution in [2.24, 2.45) is 5.92 Å². The van der Waals surface area contributed by atoms with Gasteiger partial charge >= 0.3 is 0 Å². The molecule has 0 N–H and O–H groups in total. The first-order valence-corrected chi connectivity index (χ1v) is 10.7. The van der Waals surface area contributed by atoms with Crippen LogP contribution in [0.1, 0.15) is 75.3 Å². The fourth-order valence-corrected chi connectivity index (χ4v) is 4.37. The first kappa shape index (κ1) is 19.9. The maximum absolute atomic E-state index is 12.2. The average molecular weight is 365 g/mol. The van der Waals surface area contributed by atoms with Crippen LogP contribution in [0.15, 0.2) is 60.9 Å². The number of halogens is 1. The van der Waals surface area contributed by atoms with E-state index < -0.39 is 0 Å². The Bertz CT molecular complexity index is 688. The number of hydrogen-bond donors (Lipinski definition) is 0. The third-order valence-corrected chi connectivity index (χ3v) is 6.14. The highest BCUT2D eigenvalue weighted by molar-refractivity contribution is 5.64. The molecular weight excluding hydrogens is 331 g/mol. The maximum atomic E-state index is 12.2. The van der Waals surface area contributed by atoms with Crippen LogP contribution in [-0.2, 0) is 6.42 Å². The Morgan fingerprint density at radius 3 is 2.07 bits per heavy atom. The van der Waals surface area contributed by atoms with Gasteiger partial charge in [0.25, 0.3) is 0 Å². The van der Waals surface area contributed by atoms with Crippen LogP contribution in [-0.4, -0.2) is 0 Å². The van der Waals surface area contributed by atoms with Gasteiger partial charge in [0.2, 0.25) is 0 Å². The Morgan fingerprint density at radius 2 is 1.48 bits per heavy atom. The van der Waals surface area contributed by atoms with Crippen molar-refractivity contribution in [3.8, 4) is 11.1 Å². The van der Waals surface area contributed by atoms with Gasteiger partial charge < -0.3 is 0 Å². The summed E-state index contributed by atoms with van der Waals surface area (Å²) >= 11 is 0. The summed E-state index contributed by atoms with van der Waals surface area (Å²) in [6.07, 6.45) is 13.2. The van der Waals surface area contributed by atoms with E-state index in [0.29, 0.717) is 18.2 Å². The topological polar surface area (TPSA) is 0 Å². The van der Waals surface area contributed by atoms with Crippen LogP contribution < -0.4 is 0 Å². The zero-order chi connectivity index (χ0) is 18.9. The standard InChI is InChI=1S/C26H33F/c1-2-3-4-6-21-8-12-23(13-9-21)25-16-18-26(19-17-25)24-14-10-22(11-15-24)7-5-20-27/h5,8-9,12-13,16-20,22,24H,2-4,6-7,10-11,14-15H2,1H3. The molecule has 2 aromatic rings. The molecule has 1 heteroatoms. The number of allylic oxidation sites excluding steroid dienone is 1. The van der Waals surface area contributed by atoms with Gasteiger partial charge in [0, 0.05) is 0 Å². The molecule has 1 aliphatic carbocycles. The Morgan fingerprint density at radius 1 is 0.852 bits per heavy atom. The zero-order valence-corrected chi connectivity index (χ0v) is 16.7. The maximum Gasteiger partial charge on any atom is 0.0827 e. The van der Waals surface area contributed by atoms with E-state index in [4.69, 9.17) is 0 Å². The average Bonchev–Trinajstić information content (AvgIpc) is 2.73. The Balaban J connectivity index is 1.56. The van der Waals surface area contributed by atoms with E-state index in [2.05, 4.69) is 55.5 Å². The van der Waals surface area contributed by atoms with E-state index in [1.807, 2.05) is 0 Å². The second-order valence-corrected chi connectivity index (χ2v) is 8.09. The minimum Gasteiger partial charge on any atom is -0.216 e. The lowest BCUT2D eigenvalue weighted by molar-refractivity contribution is 0.327. The molecule has 0 saturated heterocycles. The highest BCUT2D eigenvalue weighted by Crippen LogP contribution is 2.37. The molecular formula is C26H33F. The van der Waals surface area contributed by atoms with Crippen molar-refractivity contribution in [2.45, 2.75) is 70.6 Å². The first-order valence-electron chi connectivity index (χ1n) is 10.7. The van der Waals surface area contributed by atoms with Crippen molar-refractivity contribution in [3.63, 3.8) is 0 Å². The molecule has 27 heavy (non-hydrogen) atoms. The molecule has 144 valence electrons. The van der Waals surface area contributed by atoms with Crippen molar-refractivity contribution >= 4 is 0 Å². The molecule has 0 aliphatic heterocycles. The van der Waals surface area contributed by atoms with Gasteiger partial charge in [0.1, 0.15) is 0 Å². The number of hydrogen-bond acceptors (Lipinski definition) is 0. The van der Waals surface area contributed by atoms with E-state index in [-0.39, 0.29) is 0 Å². The van der Waals surface area contributed by atoms with Gasteiger partial charge in [-0.2, -0.15) is 0 Å². The fraction of sp³-hybridized carbons (Fsp3) is 0.462. The summed E-state index contributed by atoms with van der Waals surface area (Å²) in [6.45, 7) is 2.25. The second kappa shape index (κ2) is 10.4. The summed E-state index contributed by atoms with van der Waals surface area (Å²) in [4.78, 5) is 0. The third-order valence-electron chi connectivity index (χ3n) is 6.14. The van der Waals surface area contributed by atoms with Crippen LogP contribution in [0.2, 0.25) is 0 Å². The van der Waals surface area contributed by atoms with E-state index in [1.165, 1.54) is 73.6 Å². The van der Waals surface area contributed by atoms with E-state index in [1.54, 1.807) is 6.08 Å². The summed E-state index contributed by atoms with van der Waals surface area (Å²) < 4.78 is 12.2. The van der Waals surface area contributed by atoms with Crippen LogP contribution >= 0.6 is 0 Å². The smallest absolute Gasteiger partial charge is 0.0827 e. The SMILES string of the molecule is CCCCCc1ccc(-c2ccc(C3CCC(CC=CF)CC3)cc2)cc1. The van der Waals surface area contributed by atoms with Gasteiger partial charge in [0.05, 0.1) is 6.33 Å². The van der Waals surface area contributed by atoms with Crippen LogP contribution in [0.25, 0.3) is 11.1 Å². The summed E-state index contributed by atoms with van der Waals surface area (Å²) in [5.41, 5.74) is 5.53. The molecule has 0 spiro atoms. The normalized spacial score (nSPS) is 20.2. The predicted octanol–water partition coefficient (Wildman–Crippen LogP) is 8.23. The molecule has 2 aromatic carbocycles. The highest BCUT2D eigenvalue weighted by Gasteiger charge is 2.21. The Kier molecular flexibility index (Phi) is 7.68. The van der Waals surface area contributed by atoms with Gasteiger partial charge in [-0.3, -0.25) is 0 Å². The van der Waals surface area contributed by atoms with Gasteiger partial charge in [-0.05, 0) is 79.0 Å². The Hall–Kier alpha value is -1.89. The summed E-state index contributed by atoms with van der Waals surface area (Å²) in [6, 6.07) is 18.3. The number of aryl methyl sites for hydroxylation is 1. The number of benzene rings is 2. The van der Waals surface area contributed by atoms with Crippen molar-refractivity contribution in [3.05, 3.63) is 72.1 Å². The van der Waals surface area contributed by atoms with Crippen LogP contribution in [0.4, 0.5) is 4.39 Å². The molecule has 0 atom stereocenters.